The fraction of sp³-hybridized carbons (Fsp3) is 0.231. The Morgan fingerprint density at radius 2 is 2.06 bits per heavy atom. The number of halogens is 2. The zero-order chi connectivity index (χ0) is 13.0. The standard InChI is InChI=1S/C13H13BrFNOS/c1-16-7-10-3-4-11(18-10)8-17-13-6-9(15)2-5-12(13)14/h2-6,16H,7-8H2,1H3. The highest BCUT2D eigenvalue weighted by molar-refractivity contribution is 9.10. The van der Waals surface area contributed by atoms with Gasteiger partial charge in [-0.05, 0) is 47.2 Å². The number of thiophene rings is 1. The molecule has 1 aromatic carbocycles. The highest BCUT2D eigenvalue weighted by Gasteiger charge is 2.05. The fourth-order valence-corrected chi connectivity index (χ4v) is 2.81. The van der Waals surface area contributed by atoms with Gasteiger partial charge in [-0.15, -0.1) is 11.3 Å². The second-order valence-corrected chi connectivity index (χ2v) is 5.87. The predicted octanol–water partition coefficient (Wildman–Crippen LogP) is 3.95. The highest BCUT2D eigenvalue weighted by atomic mass is 79.9. The first-order valence-corrected chi connectivity index (χ1v) is 7.10. The van der Waals surface area contributed by atoms with Gasteiger partial charge in [-0.25, -0.2) is 4.39 Å². The first-order valence-electron chi connectivity index (χ1n) is 5.49. The van der Waals surface area contributed by atoms with Crippen LogP contribution in [-0.4, -0.2) is 7.05 Å². The molecule has 1 heterocycles. The van der Waals surface area contributed by atoms with E-state index in [0.29, 0.717) is 12.4 Å². The molecule has 0 unspecified atom stereocenters. The van der Waals surface area contributed by atoms with Crippen LogP contribution in [0.2, 0.25) is 0 Å². The highest BCUT2D eigenvalue weighted by Crippen LogP contribution is 2.27. The van der Waals surface area contributed by atoms with E-state index in [1.165, 1.54) is 17.0 Å². The van der Waals surface area contributed by atoms with Crippen molar-refractivity contribution in [3.8, 4) is 5.75 Å². The van der Waals surface area contributed by atoms with Crippen LogP contribution >= 0.6 is 27.3 Å². The zero-order valence-electron chi connectivity index (χ0n) is 9.87. The van der Waals surface area contributed by atoms with Crippen molar-refractivity contribution in [2.75, 3.05) is 7.05 Å². The average Bonchev–Trinajstić information content (AvgIpc) is 2.79. The maximum absolute atomic E-state index is 13.1. The minimum atomic E-state index is -0.296. The lowest BCUT2D eigenvalue weighted by atomic mass is 10.3. The van der Waals surface area contributed by atoms with E-state index < -0.39 is 0 Å². The maximum Gasteiger partial charge on any atom is 0.136 e. The van der Waals surface area contributed by atoms with Gasteiger partial charge in [0.25, 0.3) is 0 Å². The van der Waals surface area contributed by atoms with Crippen molar-refractivity contribution in [3.05, 3.63) is 50.4 Å². The van der Waals surface area contributed by atoms with Crippen molar-refractivity contribution in [2.45, 2.75) is 13.2 Å². The van der Waals surface area contributed by atoms with Gasteiger partial charge in [0, 0.05) is 22.4 Å². The molecule has 0 radical (unpaired) electrons. The molecular weight excluding hydrogens is 317 g/mol. The van der Waals surface area contributed by atoms with Crippen LogP contribution in [0.15, 0.2) is 34.8 Å². The van der Waals surface area contributed by atoms with Crippen molar-refractivity contribution in [2.24, 2.45) is 0 Å². The van der Waals surface area contributed by atoms with Crippen LogP contribution in [-0.2, 0) is 13.2 Å². The molecule has 0 atom stereocenters. The van der Waals surface area contributed by atoms with E-state index in [1.54, 1.807) is 17.4 Å². The topological polar surface area (TPSA) is 21.3 Å². The van der Waals surface area contributed by atoms with Gasteiger partial charge in [0.05, 0.1) is 4.47 Å². The zero-order valence-corrected chi connectivity index (χ0v) is 12.3. The third-order valence-corrected chi connectivity index (χ3v) is 4.05. The van der Waals surface area contributed by atoms with Gasteiger partial charge in [-0.3, -0.25) is 0 Å². The third-order valence-electron chi connectivity index (χ3n) is 2.33. The molecule has 1 aromatic heterocycles. The average molecular weight is 330 g/mol. The molecule has 0 fully saturated rings. The Labute approximate surface area is 118 Å². The summed E-state index contributed by atoms with van der Waals surface area (Å²) in [5, 5.41) is 3.10. The van der Waals surface area contributed by atoms with E-state index >= 15 is 0 Å². The van der Waals surface area contributed by atoms with Crippen LogP contribution in [0.5, 0.6) is 5.75 Å². The van der Waals surface area contributed by atoms with E-state index in [2.05, 4.69) is 27.3 Å². The van der Waals surface area contributed by atoms with Crippen LogP contribution in [0.3, 0.4) is 0 Å². The quantitative estimate of drug-likeness (QED) is 0.896. The van der Waals surface area contributed by atoms with E-state index in [1.807, 2.05) is 13.1 Å². The smallest absolute Gasteiger partial charge is 0.136 e. The molecule has 2 nitrogen and oxygen atoms in total. The molecule has 0 saturated carbocycles. The number of rotatable bonds is 5. The molecule has 1 N–H and O–H groups in total. The summed E-state index contributed by atoms with van der Waals surface area (Å²) in [7, 11) is 1.92. The lowest BCUT2D eigenvalue weighted by Gasteiger charge is -2.06. The van der Waals surface area contributed by atoms with Gasteiger partial charge >= 0.3 is 0 Å². The summed E-state index contributed by atoms with van der Waals surface area (Å²) < 4.78 is 19.4. The van der Waals surface area contributed by atoms with Gasteiger partial charge in [0.1, 0.15) is 18.2 Å². The minimum Gasteiger partial charge on any atom is -0.487 e. The van der Waals surface area contributed by atoms with Gasteiger partial charge in [0.2, 0.25) is 0 Å². The van der Waals surface area contributed by atoms with E-state index in [-0.39, 0.29) is 5.82 Å². The van der Waals surface area contributed by atoms with Crippen molar-refractivity contribution < 1.29 is 9.13 Å². The SMILES string of the molecule is CNCc1ccc(COc2cc(F)ccc2Br)s1. The molecule has 96 valence electrons. The van der Waals surface area contributed by atoms with Gasteiger partial charge in [-0.2, -0.15) is 0 Å². The summed E-state index contributed by atoms with van der Waals surface area (Å²) in [6, 6.07) is 8.52. The molecule has 18 heavy (non-hydrogen) atoms. The molecule has 5 heteroatoms. The van der Waals surface area contributed by atoms with Gasteiger partial charge < -0.3 is 10.1 Å². The molecule has 2 aromatic rings. The van der Waals surface area contributed by atoms with Crippen molar-refractivity contribution in [1.29, 1.82) is 0 Å². The molecule has 0 saturated heterocycles. The molecule has 0 aliphatic rings. The van der Waals surface area contributed by atoms with Crippen LogP contribution in [0, 0.1) is 5.82 Å². The number of ether oxygens (including phenoxy) is 1. The first-order chi connectivity index (χ1) is 8.69. The molecule has 0 aliphatic carbocycles. The van der Waals surface area contributed by atoms with Crippen molar-refractivity contribution in [3.63, 3.8) is 0 Å². The van der Waals surface area contributed by atoms with Crippen molar-refractivity contribution >= 4 is 27.3 Å². The summed E-state index contributed by atoms with van der Waals surface area (Å²) in [5.74, 6) is 0.230. The molecular formula is C13H13BrFNOS. The largest absolute Gasteiger partial charge is 0.487 e. The number of benzene rings is 1. The van der Waals surface area contributed by atoms with Crippen molar-refractivity contribution in [1.82, 2.24) is 5.32 Å². The van der Waals surface area contributed by atoms with E-state index in [4.69, 9.17) is 4.74 Å². The first kappa shape index (κ1) is 13.5. The second-order valence-electron chi connectivity index (χ2n) is 3.76. The number of hydrogen-bond donors (Lipinski definition) is 1. The Morgan fingerprint density at radius 3 is 2.83 bits per heavy atom. The van der Waals surface area contributed by atoms with Crippen LogP contribution in [0.25, 0.3) is 0 Å². The third kappa shape index (κ3) is 3.54. The lowest BCUT2D eigenvalue weighted by molar-refractivity contribution is 0.306. The minimum absolute atomic E-state index is 0.296. The number of nitrogens with one attached hydrogen (secondary N) is 1. The van der Waals surface area contributed by atoms with Crippen LogP contribution < -0.4 is 10.1 Å². The molecule has 0 bridgehead atoms. The van der Waals surface area contributed by atoms with Crippen LogP contribution in [0.1, 0.15) is 9.75 Å². The molecule has 2 rings (SSSR count). The Balaban J connectivity index is 1.99. The summed E-state index contributed by atoms with van der Waals surface area (Å²) in [5.41, 5.74) is 0. The van der Waals surface area contributed by atoms with Gasteiger partial charge in [0.15, 0.2) is 0 Å². The summed E-state index contributed by atoms with van der Waals surface area (Å²) in [6.45, 7) is 1.31. The number of hydrogen-bond acceptors (Lipinski definition) is 3. The molecule has 0 aliphatic heterocycles. The maximum atomic E-state index is 13.1. The molecule has 0 amide bonds. The summed E-state index contributed by atoms with van der Waals surface area (Å²) >= 11 is 5.03. The normalized spacial score (nSPS) is 10.6. The van der Waals surface area contributed by atoms with Gasteiger partial charge in [-0.1, -0.05) is 0 Å². The lowest BCUT2D eigenvalue weighted by Crippen LogP contribution is -2.02. The monoisotopic (exact) mass is 329 g/mol. The van der Waals surface area contributed by atoms with E-state index in [9.17, 15) is 4.39 Å². The Hall–Kier alpha value is -0.910. The van der Waals surface area contributed by atoms with E-state index in [0.717, 1.165) is 15.9 Å². The Kier molecular flexibility index (Phi) is 4.74. The fourth-order valence-electron chi connectivity index (χ4n) is 1.51. The summed E-state index contributed by atoms with van der Waals surface area (Å²) in [4.78, 5) is 2.38. The summed E-state index contributed by atoms with van der Waals surface area (Å²) in [6.07, 6.45) is 0. The predicted molar refractivity (Wildman–Crippen MR) is 75.5 cm³/mol. The second kappa shape index (κ2) is 6.31. The Morgan fingerprint density at radius 1 is 1.28 bits per heavy atom. The van der Waals surface area contributed by atoms with Crippen LogP contribution in [0.4, 0.5) is 4.39 Å². The Bertz CT molecular complexity index is 529. The molecule has 0 spiro atoms.